The van der Waals surface area contributed by atoms with E-state index < -0.39 is 11.8 Å². The van der Waals surface area contributed by atoms with Gasteiger partial charge in [-0.15, -0.1) is 0 Å². The molecule has 5 heteroatoms. The van der Waals surface area contributed by atoms with Crippen LogP contribution in [0.25, 0.3) is 0 Å². The summed E-state index contributed by atoms with van der Waals surface area (Å²) in [5, 5.41) is 8.69. The molecule has 0 aliphatic rings. The van der Waals surface area contributed by atoms with E-state index in [0.717, 1.165) is 17.7 Å². The van der Waals surface area contributed by atoms with Crippen molar-refractivity contribution >= 4 is 5.97 Å². The summed E-state index contributed by atoms with van der Waals surface area (Å²) in [5.41, 5.74) is 0.617. The molecule has 0 fully saturated rings. The highest BCUT2D eigenvalue weighted by molar-refractivity contribution is 5.88. The fourth-order valence-electron chi connectivity index (χ4n) is 1.60. The number of hydrogen-bond donors (Lipinski definition) is 1. The number of hydrogen-bond acceptors (Lipinski definition) is 3. The lowest BCUT2D eigenvalue weighted by Gasteiger charge is -2.08. The standard InChI is InChI=1S/C15H13FO4/c16-14-8-12(6-7-13(14)15(17)18)20-10-19-9-11-4-2-1-3-5-11/h1-8H,9-10H2,(H,17,18). The SMILES string of the molecule is O=C(O)c1ccc(OCOCc2ccccc2)cc1F. The molecule has 2 aromatic rings. The van der Waals surface area contributed by atoms with Gasteiger partial charge in [0.15, 0.2) is 6.79 Å². The predicted molar refractivity (Wildman–Crippen MR) is 70.1 cm³/mol. The number of rotatable bonds is 6. The van der Waals surface area contributed by atoms with E-state index in [9.17, 15) is 9.18 Å². The van der Waals surface area contributed by atoms with Gasteiger partial charge in [0.1, 0.15) is 11.6 Å². The summed E-state index contributed by atoms with van der Waals surface area (Å²) in [6, 6.07) is 13.1. The molecule has 0 amide bonds. The topological polar surface area (TPSA) is 55.8 Å². The second kappa shape index (κ2) is 6.68. The number of carboxylic acid groups (broad SMARTS) is 1. The van der Waals surface area contributed by atoms with Gasteiger partial charge in [-0.05, 0) is 17.7 Å². The van der Waals surface area contributed by atoms with E-state index in [2.05, 4.69) is 0 Å². The molecule has 0 aromatic heterocycles. The highest BCUT2D eigenvalue weighted by Gasteiger charge is 2.10. The summed E-state index contributed by atoms with van der Waals surface area (Å²) in [6.07, 6.45) is 0. The van der Waals surface area contributed by atoms with Gasteiger partial charge in [0.25, 0.3) is 0 Å². The fourth-order valence-corrected chi connectivity index (χ4v) is 1.60. The van der Waals surface area contributed by atoms with Crippen LogP contribution < -0.4 is 4.74 Å². The lowest BCUT2D eigenvalue weighted by molar-refractivity contribution is 0.00489. The lowest BCUT2D eigenvalue weighted by Crippen LogP contribution is -2.05. The van der Waals surface area contributed by atoms with Gasteiger partial charge >= 0.3 is 5.97 Å². The summed E-state index contributed by atoms with van der Waals surface area (Å²) in [4.78, 5) is 10.6. The summed E-state index contributed by atoms with van der Waals surface area (Å²) >= 11 is 0. The van der Waals surface area contributed by atoms with E-state index in [1.54, 1.807) is 0 Å². The summed E-state index contributed by atoms with van der Waals surface area (Å²) < 4.78 is 23.8. The molecule has 104 valence electrons. The maximum atomic E-state index is 13.4. The Labute approximate surface area is 115 Å². The minimum Gasteiger partial charge on any atom is -0.478 e. The monoisotopic (exact) mass is 276 g/mol. The molecule has 0 atom stereocenters. The Kier molecular flexibility index (Phi) is 4.68. The highest BCUT2D eigenvalue weighted by Crippen LogP contribution is 2.16. The van der Waals surface area contributed by atoms with Crippen LogP contribution >= 0.6 is 0 Å². The first-order valence-electron chi connectivity index (χ1n) is 5.94. The van der Waals surface area contributed by atoms with Crippen LogP contribution in [0.2, 0.25) is 0 Å². The number of carbonyl (C=O) groups is 1. The van der Waals surface area contributed by atoms with Crippen molar-refractivity contribution in [1.29, 1.82) is 0 Å². The minimum absolute atomic E-state index is 0.0409. The second-order valence-electron chi connectivity index (χ2n) is 4.04. The van der Waals surface area contributed by atoms with Crippen molar-refractivity contribution in [3.8, 4) is 5.75 Å². The average Bonchev–Trinajstić information content (AvgIpc) is 2.44. The van der Waals surface area contributed by atoms with Crippen molar-refractivity contribution in [3.63, 3.8) is 0 Å². The number of carboxylic acids is 1. The predicted octanol–water partition coefficient (Wildman–Crippen LogP) is 3.08. The molecule has 0 bridgehead atoms. The molecule has 0 heterocycles. The minimum atomic E-state index is -1.31. The maximum absolute atomic E-state index is 13.4. The first kappa shape index (κ1) is 14.0. The number of halogens is 1. The third kappa shape index (κ3) is 3.80. The molecule has 0 spiro atoms. The Hall–Kier alpha value is -2.40. The molecule has 0 saturated carbocycles. The van der Waals surface area contributed by atoms with Crippen LogP contribution in [0.5, 0.6) is 5.75 Å². The molecule has 2 rings (SSSR count). The molecule has 1 N–H and O–H groups in total. The molecule has 0 saturated heterocycles. The van der Waals surface area contributed by atoms with E-state index in [-0.39, 0.29) is 18.1 Å². The van der Waals surface area contributed by atoms with Crippen molar-refractivity contribution < 1.29 is 23.8 Å². The summed E-state index contributed by atoms with van der Waals surface area (Å²) in [7, 11) is 0. The van der Waals surface area contributed by atoms with E-state index >= 15 is 0 Å². The molecule has 2 aromatic carbocycles. The van der Waals surface area contributed by atoms with Gasteiger partial charge in [0, 0.05) is 6.07 Å². The van der Waals surface area contributed by atoms with Crippen LogP contribution in [-0.4, -0.2) is 17.9 Å². The van der Waals surface area contributed by atoms with Crippen LogP contribution in [0.15, 0.2) is 48.5 Å². The molecule has 0 aliphatic heterocycles. The number of benzene rings is 2. The summed E-state index contributed by atoms with van der Waals surface area (Å²) in [5.74, 6) is -1.92. The highest BCUT2D eigenvalue weighted by atomic mass is 19.1. The van der Waals surface area contributed by atoms with Gasteiger partial charge in [0.2, 0.25) is 0 Å². The van der Waals surface area contributed by atoms with Crippen LogP contribution in [-0.2, 0) is 11.3 Å². The van der Waals surface area contributed by atoms with Gasteiger partial charge < -0.3 is 14.6 Å². The third-order valence-corrected chi connectivity index (χ3v) is 2.59. The molecule has 20 heavy (non-hydrogen) atoms. The zero-order valence-electron chi connectivity index (χ0n) is 10.6. The fraction of sp³-hybridized carbons (Fsp3) is 0.133. The van der Waals surface area contributed by atoms with Crippen LogP contribution in [0.4, 0.5) is 4.39 Å². The largest absolute Gasteiger partial charge is 0.478 e. The van der Waals surface area contributed by atoms with Crippen molar-refractivity contribution in [1.82, 2.24) is 0 Å². The second-order valence-corrected chi connectivity index (χ2v) is 4.04. The molecular formula is C15H13FO4. The first-order chi connectivity index (χ1) is 9.66. The zero-order chi connectivity index (χ0) is 14.4. The van der Waals surface area contributed by atoms with E-state index in [1.807, 2.05) is 30.3 Å². The zero-order valence-corrected chi connectivity index (χ0v) is 10.6. The van der Waals surface area contributed by atoms with Gasteiger partial charge in [0.05, 0.1) is 12.2 Å². The Morgan fingerprint density at radius 2 is 1.90 bits per heavy atom. The maximum Gasteiger partial charge on any atom is 0.338 e. The third-order valence-electron chi connectivity index (χ3n) is 2.59. The Morgan fingerprint density at radius 1 is 1.15 bits per heavy atom. The Bertz CT molecular complexity index is 584. The van der Waals surface area contributed by atoms with Crippen molar-refractivity contribution in [2.24, 2.45) is 0 Å². The molecule has 0 unspecified atom stereocenters. The molecule has 0 aliphatic carbocycles. The van der Waals surface area contributed by atoms with Crippen LogP contribution in [0.3, 0.4) is 0 Å². The van der Waals surface area contributed by atoms with Gasteiger partial charge in [-0.25, -0.2) is 9.18 Å². The van der Waals surface area contributed by atoms with Crippen LogP contribution in [0, 0.1) is 5.82 Å². The van der Waals surface area contributed by atoms with E-state index in [0.29, 0.717) is 6.61 Å². The number of aromatic carboxylic acids is 1. The summed E-state index contributed by atoms with van der Waals surface area (Å²) in [6.45, 7) is 0.345. The van der Waals surface area contributed by atoms with Gasteiger partial charge in [-0.3, -0.25) is 0 Å². The average molecular weight is 276 g/mol. The van der Waals surface area contributed by atoms with Gasteiger partial charge in [-0.2, -0.15) is 0 Å². The molecule has 4 nitrogen and oxygen atoms in total. The van der Waals surface area contributed by atoms with E-state index in [4.69, 9.17) is 14.6 Å². The van der Waals surface area contributed by atoms with Gasteiger partial charge in [-0.1, -0.05) is 30.3 Å². The number of ether oxygens (including phenoxy) is 2. The first-order valence-corrected chi connectivity index (χ1v) is 5.94. The Balaban J connectivity index is 1.83. The van der Waals surface area contributed by atoms with E-state index in [1.165, 1.54) is 6.07 Å². The van der Waals surface area contributed by atoms with Crippen molar-refractivity contribution in [2.75, 3.05) is 6.79 Å². The lowest BCUT2D eigenvalue weighted by atomic mass is 10.2. The smallest absolute Gasteiger partial charge is 0.338 e. The molecule has 0 radical (unpaired) electrons. The Morgan fingerprint density at radius 3 is 2.55 bits per heavy atom. The van der Waals surface area contributed by atoms with Crippen LogP contribution in [0.1, 0.15) is 15.9 Å². The normalized spacial score (nSPS) is 10.2. The van der Waals surface area contributed by atoms with Crippen molar-refractivity contribution in [2.45, 2.75) is 6.61 Å². The van der Waals surface area contributed by atoms with Crippen molar-refractivity contribution in [3.05, 3.63) is 65.5 Å². The molecular weight excluding hydrogens is 263 g/mol. The quantitative estimate of drug-likeness (QED) is 0.650.